The molecule has 110 valence electrons. The van der Waals surface area contributed by atoms with E-state index in [2.05, 4.69) is 16.9 Å². The molecule has 1 aromatic carbocycles. The summed E-state index contributed by atoms with van der Waals surface area (Å²) in [5.74, 6) is -0.119. The number of thioether (sulfide) groups is 1. The molecule has 3 nitrogen and oxygen atoms in total. The topological polar surface area (TPSA) is 41.1 Å². The average Bonchev–Trinajstić information content (AvgIpc) is 2.88. The Morgan fingerprint density at radius 2 is 2.05 bits per heavy atom. The van der Waals surface area contributed by atoms with Gasteiger partial charge in [0.15, 0.2) is 0 Å². The number of halogens is 2. The summed E-state index contributed by atoms with van der Waals surface area (Å²) in [6.45, 7) is 0.281. The van der Waals surface area contributed by atoms with Crippen molar-refractivity contribution in [2.24, 2.45) is 0 Å². The summed E-state index contributed by atoms with van der Waals surface area (Å²) < 4.78 is 0. The van der Waals surface area contributed by atoms with Crippen LogP contribution in [-0.2, 0) is 4.79 Å². The Labute approximate surface area is 133 Å². The van der Waals surface area contributed by atoms with E-state index in [1.807, 2.05) is 11.8 Å². The van der Waals surface area contributed by atoms with Crippen molar-refractivity contribution < 1.29 is 4.79 Å². The molecule has 1 aliphatic rings. The second-order valence-electron chi connectivity index (χ2n) is 4.84. The SMILES string of the molecule is CSC1CCCC1NCC(=O)Nc1c(Cl)cccc1Cl. The van der Waals surface area contributed by atoms with Crippen LogP contribution in [0.4, 0.5) is 5.69 Å². The Kier molecular flexibility index (Phi) is 6.02. The highest BCUT2D eigenvalue weighted by Crippen LogP contribution is 2.30. The highest BCUT2D eigenvalue weighted by molar-refractivity contribution is 7.99. The Hall–Kier alpha value is -0.420. The molecule has 0 aromatic heterocycles. The first-order valence-corrected chi connectivity index (χ1v) is 8.66. The second kappa shape index (κ2) is 7.55. The van der Waals surface area contributed by atoms with Gasteiger partial charge in [0.1, 0.15) is 0 Å². The maximum Gasteiger partial charge on any atom is 0.238 e. The van der Waals surface area contributed by atoms with E-state index in [0.717, 1.165) is 6.42 Å². The van der Waals surface area contributed by atoms with E-state index < -0.39 is 0 Å². The van der Waals surface area contributed by atoms with Crippen LogP contribution in [0.5, 0.6) is 0 Å². The van der Waals surface area contributed by atoms with Gasteiger partial charge in [-0.2, -0.15) is 11.8 Å². The zero-order chi connectivity index (χ0) is 14.5. The number of para-hydroxylation sites is 1. The van der Waals surface area contributed by atoms with Gasteiger partial charge in [-0.15, -0.1) is 0 Å². The summed E-state index contributed by atoms with van der Waals surface area (Å²) in [5.41, 5.74) is 0.482. The van der Waals surface area contributed by atoms with Crippen LogP contribution >= 0.6 is 35.0 Å². The van der Waals surface area contributed by atoms with Crippen molar-refractivity contribution in [2.45, 2.75) is 30.6 Å². The van der Waals surface area contributed by atoms with Crippen LogP contribution in [0.1, 0.15) is 19.3 Å². The molecule has 1 saturated carbocycles. The fourth-order valence-corrected chi connectivity index (χ4v) is 3.92. The smallest absolute Gasteiger partial charge is 0.238 e. The van der Waals surface area contributed by atoms with Gasteiger partial charge in [-0.3, -0.25) is 4.79 Å². The number of carbonyl (C=O) groups is 1. The lowest BCUT2D eigenvalue weighted by atomic mass is 10.2. The molecule has 2 rings (SSSR count). The van der Waals surface area contributed by atoms with E-state index in [-0.39, 0.29) is 12.5 Å². The van der Waals surface area contributed by atoms with Crippen LogP contribution in [-0.4, -0.2) is 30.0 Å². The van der Waals surface area contributed by atoms with Crippen molar-refractivity contribution in [3.63, 3.8) is 0 Å². The Morgan fingerprint density at radius 1 is 1.35 bits per heavy atom. The van der Waals surface area contributed by atoms with Gasteiger partial charge in [0, 0.05) is 11.3 Å². The molecule has 0 aliphatic heterocycles. The van der Waals surface area contributed by atoms with Crippen LogP contribution < -0.4 is 10.6 Å². The summed E-state index contributed by atoms with van der Waals surface area (Å²) in [5, 5.41) is 7.59. The molecular weight excluding hydrogens is 315 g/mol. The van der Waals surface area contributed by atoms with E-state index in [0.29, 0.717) is 27.0 Å². The van der Waals surface area contributed by atoms with Crippen molar-refractivity contribution in [1.82, 2.24) is 5.32 Å². The molecule has 0 saturated heterocycles. The molecule has 2 atom stereocenters. The lowest BCUT2D eigenvalue weighted by molar-refractivity contribution is -0.115. The lowest BCUT2D eigenvalue weighted by Gasteiger charge is -2.19. The monoisotopic (exact) mass is 332 g/mol. The molecule has 2 N–H and O–H groups in total. The molecule has 0 spiro atoms. The molecule has 1 aliphatic carbocycles. The predicted molar refractivity (Wildman–Crippen MR) is 88.0 cm³/mol. The van der Waals surface area contributed by atoms with Gasteiger partial charge in [-0.1, -0.05) is 35.7 Å². The maximum absolute atomic E-state index is 12.0. The number of benzene rings is 1. The van der Waals surface area contributed by atoms with E-state index in [1.54, 1.807) is 18.2 Å². The van der Waals surface area contributed by atoms with Gasteiger partial charge in [0.25, 0.3) is 0 Å². The molecule has 0 bridgehead atoms. The Morgan fingerprint density at radius 3 is 2.70 bits per heavy atom. The first kappa shape index (κ1) is 16.0. The van der Waals surface area contributed by atoms with Crippen molar-refractivity contribution >= 4 is 46.6 Å². The third kappa shape index (κ3) is 4.04. The minimum atomic E-state index is -0.119. The third-order valence-corrected chi connectivity index (χ3v) is 5.31. The van der Waals surface area contributed by atoms with E-state index in [1.165, 1.54) is 12.8 Å². The van der Waals surface area contributed by atoms with Gasteiger partial charge >= 0.3 is 0 Å². The number of anilines is 1. The normalized spacial score (nSPS) is 21.9. The quantitative estimate of drug-likeness (QED) is 0.861. The number of hydrogen-bond donors (Lipinski definition) is 2. The molecule has 0 radical (unpaired) electrons. The molecule has 2 unspecified atom stereocenters. The first-order valence-electron chi connectivity index (χ1n) is 6.62. The summed E-state index contributed by atoms with van der Waals surface area (Å²) in [6, 6.07) is 5.58. The van der Waals surface area contributed by atoms with Crippen LogP contribution in [0.3, 0.4) is 0 Å². The number of hydrogen-bond acceptors (Lipinski definition) is 3. The van der Waals surface area contributed by atoms with Crippen molar-refractivity contribution in [3.05, 3.63) is 28.2 Å². The third-order valence-electron chi connectivity index (χ3n) is 3.51. The van der Waals surface area contributed by atoms with E-state index in [9.17, 15) is 4.79 Å². The zero-order valence-electron chi connectivity index (χ0n) is 11.3. The summed E-state index contributed by atoms with van der Waals surface area (Å²) >= 11 is 13.9. The number of amides is 1. The van der Waals surface area contributed by atoms with Gasteiger partial charge < -0.3 is 10.6 Å². The number of nitrogens with one attached hydrogen (secondary N) is 2. The standard InChI is InChI=1S/C14H18Cl2N2OS/c1-20-12-7-3-6-11(12)17-8-13(19)18-14-9(15)4-2-5-10(14)16/h2,4-5,11-12,17H,3,6-8H2,1H3,(H,18,19). The van der Waals surface area contributed by atoms with E-state index >= 15 is 0 Å². The van der Waals surface area contributed by atoms with Gasteiger partial charge in [-0.05, 0) is 31.2 Å². The summed E-state index contributed by atoms with van der Waals surface area (Å²) in [4.78, 5) is 12.0. The lowest BCUT2D eigenvalue weighted by Crippen LogP contribution is -2.39. The molecule has 1 amide bonds. The minimum absolute atomic E-state index is 0.119. The average molecular weight is 333 g/mol. The van der Waals surface area contributed by atoms with Crippen molar-refractivity contribution in [2.75, 3.05) is 18.1 Å². The first-order chi connectivity index (χ1) is 9.61. The molecule has 6 heteroatoms. The van der Waals surface area contributed by atoms with Crippen molar-refractivity contribution in [3.8, 4) is 0 Å². The second-order valence-corrected chi connectivity index (χ2v) is 6.73. The predicted octanol–water partition coefficient (Wildman–Crippen LogP) is 3.81. The Balaban J connectivity index is 1.87. The summed E-state index contributed by atoms with van der Waals surface area (Å²) in [7, 11) is 0. The van der Waals surface area contributed by atoms with Crippen LogP contribution in [0, 0.1) is 0 Å². The van der Waals surface area contributed by atoms with E-state index in [4.69, 9.17) is 23.2 Å². The highest BCUT2D eigenvalue weighted by atomic mass is 35.5. The largest absolute Gasteiger partial charge is 0.322 e. The van der Waals surface area contributed by atoms with Gasteiger partial charge in [0.05, 0.1) is 22.3 Å². The minimum Gasteiger partial charge on any atom is -0.322 e. The van der Waals surface area contributed by atoms with Crippen molar-refractivity contribution in [1.29, 1.82) is 0 Å². The molecule has 1 aromatic rings. The molecule has 20 heavy (non-hydrogen) atoms. The number of rotatable bonds is 5. The van der Waals surface area contributed by atoms with Crippen LogP contribution in [0.15, 0.2) is 18.2 Å². The van der Waals surface area contributed by atoms with Crippen LogP contribution in [0.25, 0.3) is 0 Å². The van der Waals surface area contributed by atoms with Gasteiger partial charge in [-0.25, -0.2) is 0 Å². The van der Waals surface area contributed by atoms with Gasteiger partial charge in [0.2, 0.25) is 5.91 Å². The zero-order valence-corrected chi connectivity index (χ0v) is 13.6. The highest BCUT2D eigenvalue weighted by Gasteiger charge is 2.26. The fourth-order valence-electron chi connectivity index (χ4n) is 2.47. The molecular formula is C14H18Cl2N2OS. The Bertz CT molecular complexity index is 464. The fraction of sp³-hybridized carbons (Fsp3) is 0.500. The van der Waals surface area contributed by atoms with Crippen LogP contribution in [0.2, 0.25) is 10.0 Å². The molecule has 0 heterocycles. The number of carbonyl (C=O) groups excluding carboxylic acids is 1. The maximum atomic E-state index is 12.0. The molecule has 1 fully saturated rings. The summed E-state index contributed by atoms with van der Waals surface area (Å²) in [6.07, 6.45) is 5.69.